The van der Waals surface area contributed by atoms with Crippen LogP contribution in [0.4, 0.5) is 0 Å². The van der Waals surface area contributed by atoms with Crippen molar-refractivity contribution in [3.05, 3.63) is 0 Å². The molecule has 0 aromatic carbocycles. The van der Waals surface area contributed by atoms with Crippen LogP contribution >= 0.6 is 0 Å². The van der Waals surface area contributed by atoms with Gasteiger partial charge in [0.2, 0.25) is 5.91 Å². The second-order valence-corrected chi connectivity index (χ2v) is 5.40. The summed E-state index contributed by atoms with van der Waals surface area (Å²) in [6.45, 7) is 0.425. The zero-order valence-electron chi connectivity index (χ0n) is 10.4. The molecule has 1 saturated heterocycles. The Balaban J connectivity index is 1.85. The molecule has 2 unspecified atom stereocenters. The molecule has 0 spiro atoms. The van der Waals surface area contributed by atoms with Gasteiger partial charge in [-0.15, -0.1) is 0 Å². The Kier molecular flexibility index (Phi) is 3.87. The van der Waals surface area contributed by atoms with E-state index in [0.29, 0.717) is 0 Å². The van der Waals surface area contributed by atoms with Gasteiger partial charge in [0.25, 0.3) is 0 Å². The quantitative estimate of drug-likeness (QED) is 0.650. The zero-order valence-corrected chi connectivity index (χ0v) is 10.4. The zero-order chi connectivity index (χ0) is 13.2. The lowest BCUT2D eigenvalue weighted by molar-refractivity contribution is -0.142. The number of ether oxygens (including phenoxy) is 1. The molecular formula is C12H20N2O4. The standard InChI is InChI=1S/C12H20N2O4/c13-12(3-1-2-4-12)5-10(15)14-9-7-18-6-8(9)11(16)17/h8-9H,1-7,13H2,(H,14,15)(H,16,17). The molecule has 1 aliphatic carbocycles. The van der Waals surface area contributed by atoms with Crippen LogP contribution in [-0.2, 0) is 14.3 Å². The normalized spacial score (nSPS) is 30.3. The minimum atomic E-state index is -0.930. The molecule has 1 aliphatic heterocycles. The number of nitrogens with two attached hydrogens (primary N) is 1. The van der Waals surface area contributed by atoms with Crippen molar-refractivity contribution in [3.63, 3.8) is 0 Å². The van der Waals surface area contributed by atoms with Crippen LogP contribution in [0.3, 0.4) is 0 Å². The number of amides is 1. The van der Waals surface area contributed by atoms with E-state index in [1.807, 2.05) is 0 Å². The van der Waals surface area contributed by atoms with E-state index in [1.54, 1.807) is 0 Å². The van der Waals surface area contributed by atoms with Crippen molar-refractivity contribution in [1.82, 2.24) is 5.32 Å². The molecule has 1 heterocycles. The lowest BCUT2D eigenvalue weighted by Gasteiger charge is -2.24. The fourth-order valence-electron chi connectivity index (χ4n) is 2.77. The Morgan fingerprint density at radius 2 is 2.00 bits per heavy atom. The molecule has 0 bridgehead atoms. The topological polar surface area (TPSA) is 102 Å². The van der Waals surface area contributed by atoms with E-state index in [-0.39, 0.29) is 25.5 Å². The predicted molar refractivity (Wildman–Crippen MR) is 63.9 cm³/mol. The first-order chi connectivity index (χ1) is 8.50. The van der Waals surface area contributed by atoms with Crippen LogP contribution in [-0.4, -0.2) is 41.8 Å². The lowest BCUT2D eigenvalue weighted by atomic mass is 9.94. The maximum absolute atomic E-state index is 11.9. The van der Waals surface area contributed by atoms with Gasteiger partial charge in [0.15, 0.2) is 0 Å². The number of carboxylic acids is 1. The molecular weight excluding hydrogens is 236 g/mol. The molecule has 2 fully saturated rings. The van der Waals surface area contributed by atoms with Crippen molar-refractivity contribution in [3.8, 4) is 0 Å². The monoisotopic (exact) mass is 256 g/mol. The van der Waals surface area contributed by atoms with Gasteiger partial charge in [-0.25, -0.2) is 0 Å². The summed E-state index contributed by atoms with van der Waals surface area (Å²) in [6.07, 6.45) is 4.13. The molecule has 0 aromatic rings. The van der Waals surface area contributed by atoms with Crippen LogP contribution in [0.5, 0.6) is 0 Å². The van der Waals surface area contributed by atoms with Gasteiger partial charge in [-0.3, -0.25) is 9.59 Å². The number of hydrogen-bond acceptors (Lipinski definition) is 4. The number of rotatable bonds is 4. The van der Waals surface area contributed by atoms with Crippen molar-refractivity contribution in [2.75, 3.05) is 13.2 Å². The predicted octanol–water partition coefficient (Wildman–Crippen LogP) is -0.136. The molecule has 4 N–H and O–H groups in total. The Morgan fingerprint density at radius 3 is 2.61 bits per heavy atom. The molecule has 6 nitrogen and oxygen atoms in total. The third-order valence-electron chi connectivity index (χ3n) is 3.86. The Labute approximate surface area is 106 Å². The van der Waals surface area contributed by atoms with Gasteiger partial charge in [-0.1, -0.05) is 12.8 Å². The van der Waals surface area contributed by atoms with E-state index in [4.69, 9.17) is 15.6 Å². The van der Waals surface area contributed by atoms with E-state index in [0.717, 1.165) is 25.7 Å². The lowest BCUT2D eigenvalue weighted by Crippen LogP contribution is -2.47. The fraction of sp³-hybridized carbons (Fsp3) is 0.833. The summed E-state index contributed by atoms with van der Waals surface area (Å²) in [5.74, 6) is -1.74. The first-order valence-corrected chi connectivity index (χ1v) is 6.39. The Bertz CT molecular complexity index is 339. The third-order valence-corrected chi connectivity index (χ3v) is 3.86. The van der Waals surface area contributed by atoms with Gasteiger partial charge >= 0.3 is 5.97 Å². The Hall–Kier alpha value is -1.14. The number of carbonyl (C=O) groups excluding carboxylic acids is 1. The summed E-state index contributed by atoms with van der Waals surface area (Å²) in [7, 11) is 0. The number of aliphatic carboxylic acids is 1. The number of nitrogens with one attached hydrogen (secondary N) is 1. The summed E-state index contributed by atoms with van der Waals surface area (Å²) in [5, 5.41) is 11.7. The SMILES string of the molecule is NC1(CC(=O)NC2COCC2C(=O)O)CCCC1. The first-order valence-electron chi connectivity index (χ1n) is 6.39. The smallest absolute Gasteiger partial charge is 0.311 e. The maximum atomic E-state index is 11.9. The van der Waals surface area contributed by atoms with E-state index in [1.165, 1.54) is 0 Å². The molecule has 102 valence electrons. The van der Waals surface area contributed by atoms with Crippen LogP contribution in [0, 0.1) is 5.92 Å². The minimum Gasteiger partial charge on any atom is -0.481 e. The highest BCUT2D eigenvalue weighted by atomic mass is 16.5. The van der Waals surface area contributed by atoms with Crippen LogP contribution in [0.1, 0.15) is 32.1 Å². The van der Waals surface area contributed by atoms with E-state index in [2.05, 4.69) is 5.32 Å². The summed E-state index contributed by atoms with van der Waals surface area (Å²) >= 11 is 0. The van der Waals surface area contributed by atoms with E-state index in [9.17, 15) is 9.59 Å². The second-order valence-electron chi connectivity index (χ2n) is 5.40. The highest BCUT2D eigenvalue weighted by Gasteiger charge is 2.37. The number of carboxylic acid groups (broad SMARTS) is 1. The van der Waals surface area contributed by atoms with Gasteiger partial charge < -0.3 is 20.9 Å². The van der Waals surface area contributed by atoms with Crippen LogP contribution in [0.25, 0.3) is 0 Å². The average molecular weight is 256 g/mol. The molecule has 1 amide bonds. The fourth-order valence-corrected chi connectivity index (χ4v) is 2.77. The summed E-state index contributed by atoms with van der Waals surface area (Å²) in [5.41, 5.74) is 5.72. The van der Waals surface area contributed by atoms with Crippen molar-refractivity contribution >= 4 is 11.9 Å². The summed E-state index contributed by atoms with van der Waals surface area (Å²) in [4.78, 5) is 22.8. The largest absolute Gasteiger partial charge is 0.481 e. The molecule has 6 heteroatoms. The van der Waals surface area contributed by atoms with E-state index < -0.39 is 23.5 Å². The Morgan fingerprint density at radius 1 is 1.33 bits per heavy atom. The van der Waals surface area contributed by atoms with Crippen LogP contribution in [0.2, 0.25) is 0 Å². The van der Waals surface area contributed by atoms with Crippen LogP contribution < -0.4 is 11.1 Å². The van der Waals surface area contributed by atoms with E-state index >= 15 is 0 Å². The maximum Gasteiger partial charge on any atom is 0.311 e. The molecule has 2 aliphatic rings. The van der Waals surface area contributed by atoms with Crippen LogP contribution in [0.15, 0.2) is 0 Å². The minimum absolute atomic E-state index is 0.161. The highest BCUT2D eigenvalue weighted by Crippen LogP contribution is 2.30. The molecule has 2 rings (SSSR count). The molecule has 18 heavy (non-hydrogen) atoms. The molecule has 0 aromatic heterocycles. The van der Waals surface area contributed by atoms with Gasteiger partial charge in [0, 0.05) is 12.0 Å². The van der Waals surface area contributed by atoms with Gasteiger partial charge in [-0.05, 0) is 12.8 Å². The van der Waals surface area contributed by atoms with Gasteiger partial charge in [0.05, 0.1) is 19.3 Å². The molecule has 2 atom stereocenters. The summed E-state index contributed by atoms with van der Waals surface area (Å²) < 4.78 is 5.10. The molecule has 1 saturated carbocycles. The van der Waals surface area contributed by atoms with Gasteiger partial charge in [0.1, 0.15) is 5.92 Å². The van der Waals surface area contributed by atoms with Crippen molar-refractivity contribution in [2.24, 2.45) is 11.7 Å². The first kappa shape index (κ1) is 13.3. The molecule has 0 radical (unpaired) electrons. The summed E-state index contributed by atoms with van der Waals surface area (Å²) in [6, 6.07) is -0.431. The van der Waals surface area contributed by atoms with Crippen molar-refractivity contribution < 1.29 is 19.4 Å². The average Bonchev–Trinajstić information content (AvgIpc) is 2.87. The second kappa shape index (κ2) is 5.24. The third kappa shape index (κ3) is 3.00. The van der Waals surface area contributed by atoms with Crippen molar-refractivity contribution in [1.29, 1.82) is 0 Å². The highest BCUT2D eigenvalue weighted by molar-refractivity contribution is 5.79. The number of carbonyl (C=O) groups is 2. The van der Waals surface area contributed by atoms with Gasteiger partial charge in [-0.2, -0.15) is 0 Å². The number of hydrogen-bond donors (Lipinski definition) is 3. The van der Waals surface area contributed by atoms with Crippen molar-refractivity contribution in [2.45, 2.75) is 43.7 Å².